The highest BCUT2D eigenvalue weighted by atomic mass is 35.5. The number of aromatic hydroxyl groups is 1. The Labute approximate surface area is 153 Å². The Morgan fingerprint density at radius 3 is 2.17 bits per heavy atom. The fraction of sp³-hybridized carbons (Fsp3) is 0.476. The van der Waals surface area contributed by atoms with Gasteiger partial charge in [-0.15, -0.1) is 0 Å². The Bertz CT molecular complexity index is 645. The van der Waals surface area contributed by atoms with Gasteiger partial charge in [0.25, 0.3) is 0 Å². The number of hydrogen-bond acceptors (Lipinski definition) is 1. The Kier molecular flexibility index (Phi) is 6.86. The van der Waals surface area contributed by atoms with E-state index >= 15 is 0 Å². The largest absolute Gasteiger partial charge is 1.00 e. The molecule has 1 N–H and O–H groups in total. The van der Waals surface area contributed by atoms with E-state index in [9.17, 15) is 5.11 Å². The first-order chi connectivity index (χ1) is 10.7. The zero-order valence-corrected chi connectivity index (χ0v) is 16.3. The number of hydrogen-bond donors (Lipinski definition) is 1. The molecule has 0 bridgehead atoms. The molecule has 0 aliphatic carbocycles. The fourth-order valence-electron chi connectivity index (χ4n) is 3.47. The van der Waals surface area contributed by atoms with E-state index in [-0.39, 0.29) is 23.2 Å². The molecule has 0 fully saturated rings. The Balaban J connectivity index is 0.00000288. The summed E-state index contributed by atoms with van der Waals surface area (Å²) in [6, 6.07) is 12.2. The summed E-state index contributed by atoms with van der Waals surface area (Å²) in [7, 11) is 0. The van der Waals surface area contributed by atoms with Crippen LogP contribution in [0.4, 0.5) is 0 Å². The van der Waals surface area contributed by atoms with Gasteiger partial charge in [-0.2, -0.15) is 0 Å². The molecule has 0 radical (unpaired) electrons. The van der Waals surface area contributed by atoms with E-state index in [0.717, 1.165) is 24.9 Å². The summed E-state index contributed by atoms with van der Waals surface area (Å²) >= 11 is 0. The molecule has 0 amide bonds. The first kappa shape index (κ1) is 20.5. The number of phenolic OH excluding ortho intramolecular Hbond substituents is 1. The molecular formula is C21H30ClNO. The summed E-state index contributed by atoms with van der Waals surface area (Å²) in [5.74, 6) is 0.400. The van der Waals surface area contributed by atoms with Crippen LogP contribution in [0.5, 0.6) is 5.75 Å². The Hall–Kier alpha value is -1.54. The SMILES string of the molecule is CC(C)(C)CC(C)(C)c1ccc(O)c(CC[n+]2ccccc2)c1.[Cl-]. The van der Waals surface area contributed by atoms with E-state index in [2.05, 4.69) is 63.7 Å². The van der Waals surface area contributed by atoms with E-state index in [1.807, 2.05) is 24.3 Å². The number of phenols is 1. The lowest BCUT2D eigenvalue weighted by molar-refractivity contribution is -0.696. The van der Waals surface area contributed by atoms with Crippen molar-refractivity contribution in [3.8, 4) is 5.75 Å². The molecule has 2 aromatic rings. The molecule has 0 aliphatic heterocycles. The van der Waals surface area contributed by atoms with Crippen molar-refractivity contribution in [2.75, 3.05) is 0 Å². The highest BCUT2D eigenvalue weighted by molar-refractivity contribution is 5.39. The third kappa shape index (κ3) is 5.83. The van der Waals surface area contributed by atoms with Gasteiger partial charge >= 0.3 is 0 Å². The first-order valence-electron chi connectivity index (χ1n) is 8.44. The minimum absolute atomic E-state index is 0. The van der Waals surface area contributed by atoms with E-state index in [0.29, 0.717) is 5.75 Å². The maximum atomic E-state index is 10.2. The van der Waals surface area contributed by atoms with Crippen LogP contribution in [0.25, 0.3) is 0 Å². The predicted octanol–water partition coefficient (Wildman–Crippen LogP) is 1.64. The van der Waals surface area contributed by atoms with Gasteiger partial charge in [-0.3, -0.25) is 0 Å². The quantitative estimate of drug-likeness (QED) is 0.817. The number of aromatic nitrogens is 1. The van der Waals surface area contributed by atoms with Crippen LogP contribution in [0.3, 0.4) is 0 Å². The predicted molar refractivity (Wildman–Crippen MR) is 95.5 cm³/mol. The van der Waals surface area contributed by atoms with Crippen molar-refractivity contribution in [1.29, 1.82) is 0 Å². The summed E-state index contributed by atoms with van der Waals surface area (Å²) in [6.45, 7) is 12.3. The molecule has 0 saturated carbocycles. The molecule has 0 atom stereocenters. The molecule has 24 heavy (non-hydrogen) atoms. The molecule has 1 aromatic carbocycles. The minimum atomic E-state index is 0. The van der Waals surface area contributed by atoms with Gasteiger partial charge in [0.05, 0.1) is 0 Å². The van der Waals surface area contributed by atoms with E-state index in [1.54, 1.807) is 0 Å². The van der Waals surface area contributed by atoms with Crippen molar-refractivity contribution in [1.82, 2.24) is 0 Å². The Morgan fingerprint density at radius 2 is 1.58 bits per heavy atom. The molecule has 1 aromatic heterocycles. The highest BCUT2D eigenvalue weighted by Gasteiger charge is 2.27. The van der Waals surface area contributed by atoms with Gasteiger partial charge in [0, 0.05) is 24.1 Å². The highest BCUT2D eigenvalue weighted by Crippen LogP contribution is 2.37. The van der Waals surface area contributed by atoms with Gasteiger partial charge in [0.1, 0.15) is 5.75 Å². The number of aryl methyl sites for hydroxylation is 2. The first-order valence-corrected chi connectivity index (χ1v) is 8.44. The standard InChI is InChI=1S/C21H29NO.ClH/c1-20(2,3)16-21(4,5)18-9-10-19(23)17(15-18)11-14-22-12-7-6-8-13-22;/h6-10,12-13,15H,11,14,16H2,1-5H3;1H. The van der Waals surface area contributed by atoms with Gasteiger partial charge in [-0.25, -0.2) is 4.57 Å². The minimum Gasteiger partial charge on any atom is -1.00 e. The topological polar surface area (TPSA) is 24.1 Å². The van der Waals surface area contributed by atoms with Gasteiger partial charge in [-0.05, 0) is 28.9 Å². The summed E-state index contributed by atoms with van der Waals surface area (Å²) in [5.41, 5.74) is 2.71. The van der Waals surface area contributed by atoms with Crippen LogP contribution in [0, 0.1) is 5.41 Å². The van der Waals surface area contributed by atoms with Crippen LogP contribution in [0.1, 0.15) is 52.2 Å². The molecule has 2 nitrogen and oxygen atoms in total. The van der Waals surface area contributed by atoms with Crippen molar-refractivity contribution in [2.45, 2.75) is 59.4 Å². The number of halogens is 1. The Morgan fingerprint density at radius 1 is 0.958 bits per heavy atom. The summed E-state index contributed by atoms with van der Waals surface area (Å²) in [4.78, 5) is 0. The molecule has 2 rings (SSSR count). The number of pyridine rings is 1. The van der Waals surface area contributed by atoms with Crippen molar-refractivity contribution in [3.05, 3.63) is 59.9 Å². The molecule has 0 spiro atoms. The molecule has 132 valence electrons. The van der Waals surface area contributed by atoms with Gasteiger partial charge in [0.15, 0.2) is 18.9 Å². The lowest BCUT2D eigenvalue weighted by atomic mass is 9.72. The third-order valence-corrected chi connectivity index (χ3v) is 4.25. The molecule has 0 aliphatic rings. The third-order valence-electron chi connectivity index (χ3n) is 4.25. The summed E-state index contributed by atoms with van der Waals surface area (Å²) < 4.78 is 2.15. The summed E-state index contributed by atoms with van der Waals surface area (Å²) in [6.07, 6.45) is 6.06. The van der Waals surface area contributed by atoms with Gasteiger partial charge in [0.2, 0.25) is 0 Å². The van der Waals surface area contributed by atoms with Gasteiger partial charge in [-0.1, -0.05) is 52.8 Å². The van der Waals surface area contributed by atoms with Crippen LogP contribution in [-0.2, 0) is 18.4 Å². The molecule has 3 heteroatoms. The molecule has 0 saturated heterocycles. The van der Waals surface area contributed by atoms with Crippen LogP contribution >= 0.6 is 0 Å². The van der Waals surface area contributed by atoms with Crippen molar-refractivity contribution in [3.63, 3.8) is 0 Å². The van der Waals surface area contributed by atoms with Crippen LogP contribution in [0.15, 0.2) is 48.8 Å². The zero-order chi connectivity index (χ0) is 17.1. The maximum absolute atomic E-state index is 10.2. The van der Waals surface area contributed by atoms with E-state index < -0.39 is 0 Å². The lowest BCUT2D eigenvalue weighted by Crippen LogP contribution is -3.00. The molecule has 0 unspecified atom stereocenters. The van der Waals surface area contributed by atoms with Crippen molar-refractivity contribution >= 4 is 0 Å². The van der Waals surface area contributed by atoms with E-state index in [4.69, 9.17) is 0 Å². The average molecular weight is 348 g/mol. The fourth-order valence-corrected chi connectivity index (χ4v) is 3.47. The van der Waals surface area contributed by atoms with E-state index in [1.165, 1.54) is 5.56 Å². The smallest absolute Gasteiger partial charge is 0.168 e. The number of rotatable bonds is 5. The maximum Gasteiger partial charge on any atom is 0.168 e. The number of benzene rings is 1. The van der Waals surface area contributed by atoms with Gasteiger partial charge < -0.3 is 17.5 Å². The second-order valence-electron chi connectivity index (χ2n) is 8.33. The van der Waals surface area contributed by atoms with Crippen LogP contribution < -0.4 is 17.0 Å². The zero-order valence-electron chi connectivity index (χ0n) is 15.5. The second kappa shape index (κ2) is 8.02. The molecule has 1 heterocycles. The van der Waals surface area contributed by atoms with Crippen LogP contribution in [0.2, 0.25) is 0 Å². The molecular weight excluding hydrogens is 318 g/mol. The number of nitrogens with zero attached hydrogens (tertiary/aromatic N) is 1. The second-order valence-corrected chi connectivity index (χ2v) is 8.33. The normalized spacial score (nSPS) is 11.9. The monoisotopic (exact) mass is 347 g/mol. The summed E-state index contributed by atoms with van der Waals surface area (Å²) in [5, 5.41) is 10.2. The van der Waals surface area contributed by atoms with Crippen molar-refractivity contribution < 1.29 is 22.1 Å². The van der Waals surface area contributed by atoms with Crippen LogP contribution in [-0.4, -0.2) is 5.11 Å². The average Bonchev–Trinajstić information content (AvgIpc) is 2.45. The van der Waals surface area contributed by atoms with Crippen molar-refractivity contribution in [2.24, 2.45) is 5.41 Å². The lowest BCUT2D eigenvalue weighted by Gasteiger charge is -2.33.